The van der Waals surface area contributed by atoms with E-state index in [2.05, 4.69) is 20.9 Å². The van der Waals surface area contributed by atoms with Gasteiger partial charge < -0.3 is 10.1 Å². The second kappa shape index (κ2) is 4.29. The third kappa shape index (κ3) is 2.11. The molecule has 0 saturated carbocycles. The highest BCUT2D eigenvalue weighted by Crippen LogP contribution is 2.25. The van der Waals surface area contributed by atoms with E-state index in [1.54, 1.807) is 6.92 Å². The fraction of sp³-hybridized carbons (Fsp3) is 0.250. The first-order chi connectivity index (χ1) is 7.58. The second-order valence-electron chi connectivity index (χ2n) is 3.96. The van der Waals surface area contributed by atoms with Gasteiger partial charge >= 0.3 is 5.97 Å². The molecule has 1 aromatic carbocycles. The zero-order chi connectivity index (χ0) is 11.7. The summed E-state index contributed by atoms with van der Waals surface area (Å²) < 4.78 is 1.01. The van der Waals surface area contributed by atoms with Crippen molar-refractivity contribution in [2.75, 3.05) is 0 Å². The number of benzene rings is 1. The Morgan fingerprint density at radius 3 is 3.00 bits per heavy atom. The van der Waals surface area contributed by atoms with Crippen LogP contribution in [-0.2, 0) is 11.2 Å². The molecule has 84 valence electrons. The minimum Gasteiger partial charge on any atom is -0.481 e. The van der Waals surface area contributed by atoms with Gasteiger partial charge in [-0.1, -0.05) is 13.0 Å². The van der Waals surface area contributed by atoms with Crippen LogP contribution in [-0.4, -0.2) is 16.1 Å². The standard InChI is InChI=1S/C12H12BrNO2/c1-7(12(15)16)4-8-2-3-11-9(5-8)10(13)6-14-11/h2-3,5-7,14H,4H2,1H3,(H,15,16). The van der Waals surface area contributed by atoms with Crippen LogP contribution in [0.5, 0.6) is 0 Å². The van der Waals surface area contributed by atoms with Gasteiger partial charge in [0.15, 0.2) is 0 Å². The molecule has 2 rings (SSSR count). The molecule has 0 fully saturated rings. The topological polar surface area (TPSA) is 53.1 Å². The van der Waals surface area contributed by atoms with E-state index in [-0.39, 0.29) is 5.92 Å². The number of halogens is 1. The van der Waals surface area contributed by atoms with Crippen molar-refractivity contribution >= 4 is 32.8 Å². The van der Waals surface area contributed by atoms with Crippen molar-refractivity contribution in [3.63, 3.8) is 0 Å². The number of aromatic amines is 1. The lowest BCUT2D eigenvalue weighted by Crippen LogP contribution is -2.12. The Hall–Kier alpha value is -1.29. The predicted octanol–water partition coefficient (Wildman–Crippen LogP) is 3.19. The summed E-state index contributed by atoms with van der Waals surface area (Å²) in [5, 5.41) is 9.95. The van der Waals surface area contributed by atoms with Gasteiger partial charge in [-0.25, -0.2) is 0 Å². The van der Waals surface area contributed by atoms with E-state index in [0.29, 0.717) is 6.42 Å². The lowest BCUT2D eigenvalue weighted by atomic mass is 10.0. The molecular formula is C12H12BrNO2. The van der Waals surface area contributed by atoms with Crippen LogP contribution in [0.4, 0.5) is 0 Å². The van der Waals surface area contributed by atoms with Gasteiger partial charge in [-0.2, -0.15) is 0 Å². The highest BCUT2D eigenvalue weighted by molar-refractivity contribution is 9.10. The summed E-state index contributed by atoms with van der Waals surface area (Å²) in [6, 6.07) is 5.96. The van der Waals surface area contributed by atoms with E-state index in [1.807, 2.05) is 24.4 Å². The van der Waals surface area contributed by atoms with Crippen molar-refractivity contribution in [3.05, 3.63) is 34.4 Å². The molecular weight excluding hydrogens is 270 g/mol. The average molecular weight is 282 g/mol. The Bertz CT molecular complexity index is 533. The minimum atomic E-state index is -0.756. The van der Waals surface area contributed by atoms with Gasteiger partial charge in [-0.05, 0) is 40.0 Å². The summed E-state index contributed by atoms with van der Waals surface area (Å²) in [5.41, 5.74) is 2.10. The smallest absolute Gasteiger partial charge is 0.306 e. The number of hydrogen-bond donors (Lipinski definition) is 2. The molecule has 4 heteroatoms. The van der Waals surface area contributed by atoms with Crippen molar-refractivity contribution in [1.82, 2.24) is 4.98 Å². The van der Waals surface area contributed by atoms with Crippen LogP contribution >= 0.6 is 15.9 Å². The maximum Gasteiger partial charge on any atom is 0.306 e. The summed E-state index contributed by atoms with van der Waals surface area (Å²) >= 11 is 3.45. The molecule has 1 atom stereocenters. The van der Waals surface area contributed by atoms with Gasteiger partial charge in [0.1, 0.15) is 0 Å². The zero-order valence-electron chi connectivity index (χ0n) is 8.83. The third-order valence-electron chi connectivity index (χ3n) is 2.66. The van der Waals surface area contributed by atoms with E-state index in [9.17, 15) is 4.79 Å². The third-order valence-corrected chi connectivity index (χ3v) is 3.32. The highest BCUT2D eigenvalue weighted by Gasteiger charge is 2.12. The molecule has 2 N–H and O–H groups in total. The fourth-order valence-corrected chi connectivity index (χ4v) is 2.14. The van der Waals surface area contributed by atoms with Crippen LogP contribution in [0.15, 0.2) is 28.9 Å². The van der Waals surface area contributed by atoms with E-state index in [0.717, 1.165) is 20.9 Å². The van der Waals surface area contributed by atoms with Gasteiger partial charge in [-0.15, -0.1) is 0 Å². The van der Waals surface area contributed by atoms with Crippen LogP contribution in [0.1, 0.15) is 12.5 Å². The molecule has 1 aromatic heterocycles. The van der Waals surface area contributed by atoms with Crippen LogP contribution < -0.4 is 0 Å². The summed E-state index contributed by atoms with van der Waals surface area (Å²) in [5.74, 6) is -1.11. The van der Waals surface area contributed by atoms with E-state index in [4.69, 9.17) is 5.11 Å². The number of aliphatic carboxylic acids is 1. The van der Waals surface area contributed by atoms with Crippen LogP contribution in [0.25, 0.3) is 10.9 Å². The summed E-state index contributed by atoms with van der Waals surface area (Å²) in [6.45, 7) is 1.72. The number of carboxylic acid groups (broad SMARTS) is 1. The Morgan fingerprint density at radius 2 is 2.31 bits per heavy atom. The molecule has 0 aliphatic rings. The molecule has 3 nitrogen and oxygen atoms in total. The Morgan fingerprint density at radius 1 is 1.56 bits per heavy atom. The molecule has 0 bridgehead atoms. The largest absolute Gasteiger partial charge is 0.481 e. The number of rotatable bonds is 3. The molecule has 0 radical (unpaired) electrons. The zero-order valence-corrected chi connectivity index (χ0v) is 10.4. The van der Waals surface area contributed by atoms with Crippen LogP contribution in [0, 0.1) is 5.92 Å². The SMILES string of the molecule is CC(Cc1ccc2[nH]cc(Br)c2c1)C(=O)O. The molecule has 0 aliphatic heterocycles. The van der Waals surface area contributed by atoms with Crippen LogP contribution in [0.2, 0.25) is 0 Å². The van der Waals surface area contributed by atoms with Crippen molar-refractivity contribution in [3.8, 4) is 0 Å². The fourth-order valence-electron chi connectivity index (χ4n) is 1.70. The number of carbonyl (C=O) groups is 1. The lowest BCUT2D eigenvalue weighted by Gasteiger charge is -2.06. The van der Waals surface area contributed by atoms with E-state index < -0.39 is 5.97 Å². The summed E-state index contributed by atoms with van der Waals surface area (Å²) in [7, 11) is 0. The lowest BCUT2D eigenvalue weighted by molar-refractivity contribution is -0.141. The Labute approximate surface area is 102 Å². The predicted molar refractivity (Wildman–Crippen MR) is 66.5 cm³/mol. The maximum absolute atomic E-state index is 10.8. The van der Waals surface area contributed by atoms with Crippen molar-refractivity contribution < 1.29 is 9.90 Å². The molecule has 0 saturated heterocycles. The minimum absolute atomic E-state index is 0.352. The molecule has 2 aromatic rings. The summed E-state index contributed by atoms with van der Waals surface area (Å²) in [4.78, 5) is 13.9. The van der Waals surface area contributed by atoms with Crippen molar-refractivity contribution in [2.45, 2.75) is 13.3 Å². The Kier molecular flexibility index (Phi) is 3.01. The highest BCUT2D eigenvalue weighted by atomic mass is 79.9. The molecule has 16 heavy (non-hydrogen) atoms. The monoisotopic (exact) mass is 281 g/mol. The van der Waals surface area contributed by atoms with Crippen molar-refractivity contribution in [2.24, 2.45) is 5.92 Å². The summed E-state index contributed by atoms with van der Waals surface area (Å²) in [6.07, 6.45) is 2.44. The number of fused-ring (bicyclic) bond motifs is 1. The average Bonchev–Trinajstić information content (AvgIpc) is 2.60. The van der Waals surface area contributed by atoms with Gasteiger partial charge in [0.2, 0.25) is 0 Å². The first-order valence-corrected chi connectivity index (χ1v) is 5.85. The number of H-pyrrole nitrogens is 1. The number of carboxylic acids is 1. The number of hydrogen-bond acceptors (Lipinski definition) is 1. The maximum atomic E-state index is 10.8. The molecule has 0 aliphatic carbocycles. The molecule has 1 heterocycles. The molecule has 1 unspecified atom stereocenters. The first kappa shape index (κ1) is 11.2. The van der Waals surface area contributed by atoms with Gasteiger partial charge in [0, 0.05) is 21.6 Å². The van der Waals surface area contributed by atoms with Crippen LogP contribution in [0.3, 0.4) is 0 Å². The van der Waals surface area contributed by atoms with E-state index >= 15 is 0 Å². The Balaban J connectivity index is 2.32. The van der Waals surface area contributed by atoms with Gasteiger partial charge in [-0.3, -0.25) is 4.79 Å². The number of nitrogens with one attached hydrogen (secondary N) is 1. The number of aromatic nitrogens is 1. The quantitative estimate of drug-likeness (QED) is 0.908. The molecule has 0 amide bonds. The van der Waals surface area contributed by atoms with E-state index in [1.165, 1.54) is 0 Å². The van der Waals surface area contributed by atoms with Gasteiger partial charge in [0.25, 0.3) is 0 Å². The van der Waals surface area contributed by atoms with Gasteiger partial charge in [0.05, 0.1) is 5.92 Å². The van der Waals surface area contributed by atoms with Crippen molar-refractivity contribution in [1.29, 1.82) is 0 Å². The second-order valence-corrected chi connectivity index (χ2v) is 4.81. The first-order valence-electron chi connectivity index (χ1n) is 5.06. The normalized spacial score (nSPS) is 12.9. The molecule has 0 spiro atoms.